The lowest BCUT2D eigenvalue weighted by Crippen LogP contribution is -2.02. The van der Waals surface area contributed by atoms with E-state index in [2.05, 4.69) is 4.98 Å². The topological polar surface area (TPSA) is 57.4 Å². The molecule has 0 saturated carbocycles. The van der Waals surface area contributed by atoms with Gasteiger partial charge in [-0.1, -0.05) is 6.07 Å². The number of nitrogens with two attached hydrogens (primary N) is 1. The molecule has 23 heavy (non-hydrogen) atoms. The van der Waals surface area contributed by atoms with Crippen molar-refractivity contribution in [3.05, 3.63) is 59.4 Å². The maximum Gasteiger partial charge on any atom is 0.127 e. The highest BCUT2D eigenvalue weighted by atomic mass is 19.1. The molecule has 4 nitrogen and oxygen atoms in total. The fraction of sp³-hybridized carbons (Fsp3) is 0.167. The smallest absolute Gasteiger partial charge is 0.127 e. The van der Waals surface area contributed by atoms with Gasteiger partial charge in [-0.3, -0.25) is 0 Å². The first-order valence-electron chi connectivity index (χ1n) is 7.17. The lowest BCUT2D eigenvalue weighted by atomic mass is 10.0. The van der Waals surface area contributed by atoms with Gasteiger partial charge in [-0.2, -0.15) is 0 Å². The van der Waals surface area contributed by atoms with Crippen molar-refractivity contribution >= 4 is 16.7 Å². The average molecular weight is 312 g/mol. The zero-order chi connectivity index (χ0) is 16.4. The third kappa shape index (κ3) is 2.90. The van der Waals surface area contributed by atoms with Crippen molar-refractivity contribution < 1.29 is 13.9 Å². The van der Waals surface area contributed by atoms with Crippen molar-refractivity contribution in [3.8, 4) is 11.5 Å². The van der Waals surface area contributed by atoms with Gasteiger partial charge in [0.2, 0.25) is 0 Å². The van der Waals surface area contributed by atoms with Crippen LogP contribution in [0.3, 0.4) is 0 Å². The van der Waals surface area contributed by atoms with E-state index >= 15 is 0 Å². The summed E-state index contributed by atoms with van der Waals surface area (Å²) in [7, 11) is 3.21. The van der Waals surface area contributed by atoms with Gasteiger partial charge in [0.25, 0.3) is 0 Å². The zero-order valence-electron chi connectivity index (χ0n) is 13.0. The van der Waals surface area contributed by atoms with Crippen LogP contribution < -0.4 is 15.2 Å². The molecule has 0 amide bonds. The van der Waals surface area contributed by atoms with Crippen molar-refractivity contribution in [2.24, 2.45) is 0 Å². The van der Waals surface area contributed by atoms with Crippen LogP contribution in [0, 0.1) is 5.82 Å². The van der Waals surface area contributed by atoms with E-state index in [1.54, 1.807) is 20.3 Å². The average Bonchev–Trinajstić information content (AvgIpc) is 2.56. The highest BCUT2D eigenvalue weighted by Gasteiger charge is 2.13. The molecule has 0 unspecified atom stereocenters. The van der Waals surface area contributed by atoms with Crippen LogP contribution in [0.15, 0.2) is 42.5 Å². The molecule has 118 valence electrons. The number of fused-ring (bicyclic) bond motifs is 1. The van der Waals surface area contributed by atoms with Gasteiger partial charge in [-0.05, 0) is 42.0 Å². The number of nitrogens with zero attached hydrogens (tertiary/aromatic N) is 1. The summed E-state index contributed by atoms with van der Waals surface area (Å²) in [6.07, 6.45) is 0.485. The molecule has 0 saturated heterocycles. The van der Waals surface area contributed by atoms with Gasteiger partial charge in [-0.15, -0.1) is 0 Å². The summed E-state index contributed by atoms with van der Waals surface area (Å²) >= 11 is 0. The Kier molecular flexibility index (Phi) is 4.02. The molecule has 0 bridgehead atoms. The standard InChI is InChI=1S/C18H17FN2O2/c1-22-16-4-3-5-17(23-2)14(16)10-12-8-11-9-13(19)6-7-15(11)21-18(12)20/h3-9H,10H2,1-2H3,(H2,20,21). The summed E-state index contributed by atoms with van der Waals surface area (Å²) in [6.45, 7) is 0. The Morgan fingerprint density at radius 3 is 2.39 bits per heavy atom. The Balaban J connectivity index is 2.10. The van der Waals surface area contributed by atoms with Crippen LogP contribution in [0.2, 0.25) is 0 Å². The van der Waals surface area contributed by atoms with Crippen LogP contribution in [-0.2, 0) is 6.42 Å². The van der Waals surface area contributed by atoms with E-state index in [0.29, 0.717) is 34.6 Å². The van der Waals surface area contributed by atoms with Crippen LogP contribution in [0.5, 0.6) is 11.5 Å². The fourth-order valence-electron chi connectivity index (χ4n) is 2.64. The molecule has 0 aliphatic carbocycles. The number of anilines is 1. The lowest BCUT2D eigenvalue weighted by molar-refractivity contribution is 0.387. The van der Waals surface area contributed by atoms with Gasteiger partial charge in [0.1, 0.15) is 23.1 Å². The second-order valence-corrected chi connectivity index (χ2v) is 5.19. The molecule has 3 aromatic rings. The van der Waals surface area contributed by atoms with E-state index in [1.165, 1.54) is 12.1 Å². The zero-order valence-corrected chi connectivity index (χ0v) is 13.0. The number of nitrogen functional groups attached to an aromatic ring is 1. The molecule has 0 aliphatic heterocycles. The predicted molar refractivity (Wildman–Crippen MR) is 88.5 cm³/mol. The SMILES string of the molecule is COc1cccc(OC)c1Cc1cc2cc(F)ccc2nc1N. The molecule has 2 aromatic carbocycles. The minimum atomic E-state index is -0.301. The molecule has 0 atom stereocenters. The molecule has 3 rings (SSSR count). The molecular weight excluding hydrogens is 295 g/mol. The summed E-state index contributed by atoms with van der Waals surface area (Å²) in [5, 5.41) is 0.711. The molecule has 0 radical (unpaired) electrons. The van der Waals surface area contributed by atoms with Crippen LogP contribution in [0.1, 0.15) is 11.1 Å². The summed E-state index contributed by atoms with van der Waals surface area (Å²) in [4.78, 5) is 4.35. The van der Waals surface area contributed by atoms with E-state index in [0.717, 1.165) is 11.1 Å². The Labute approximate surface area is 133 Å². The van der Waals surface area contributed by atoms with Gasteiger partial charge in [0.15, 0.2) is 0 Å². The van der Waals surface area contributed by atoms with Crippen molar-refractivity contribution in [1.29, 1.82) is 0 Å². The molecule has 1 aromatic heterocycles. The van der Waals surface area contributed by atoms with Gasteiger partial charge < -0.3 is 15.2 Å². The first-order valence-corrected chi connectivity index (χ1v) is 7.17. The maximum atomic E-state index is 13.4. The summed E-state index contributed by atoms with van der Waals surface area (Å²) in [5.41, 5.74) is 8.41. The minimum absolute atomic E-state index is 0.301. The lowest BCUT2D eigenvalue weighted by Gasteiger charge is -2.14. The normalized spacial score (nSPS) is 10.7. The third-order valence-corrected chi connectivity index (χ3v) is 3.79. The maximum absolute atomic E-state index is 13.4. The Morgan fingerprint density at radius 2 is 1.74 bits per heavy atom. The molecule has 1 heterocycles. The Bertz CT molecular complexity index is 843. The van der Waals surface area contributed by atoms with Crippen molar-refractivity contribution in [2.45, 2.75) is 6.42 Å². The van der Waals surface area contributed by atoms with Crippen LogP contribution in [-0.4, -0.2) is 19.2 Å². The number of methoxy groups -OCH3 is 2. The second kappa shape index (κ2) is 6.12. The monoisotopic (exact) mass is 312 g/mol. The highest BCUT2D eigenvalue weighted by molar-refractivity contribution is 5.81. The van der Waals surface area contributed by atoms with Gasteiger partial charge in [-0.25, -0.2) is 9.37 Å². The number of rotatable bonds is 4. The van der Waals surface area contributed by atoms with Crippen molar-refractivity contribution in [2.75, 3.05) is 20.0 Å². The van der Waals surface area contributed by atoms with E-state index in [-0.39, 0.29) is 5.82 Å². The van der Waals surface area contributed by atoms with Crippen LogP contribution in [0.4, 0.5) is 10.2 Å². The number of hydrogen-bond donors (Lipinski definition) is 1. The summed E-state index contributed by atoms with van der Waals surface area (Å²) in [6, 6.07) is 11.9. The van der Waals surface area contributed by atoms with Crippen molar-refractivity contribution in [3.63, 3.8) is 0 Å². The Hall–Kier alpha value is -2.82. The van der Waals surface area contributed by atoms with E-state index < -0.39 is 0 Å². The number of pyridine rings is 1. The number of aromatic nitrogens is 1. The van der Waals surface area contributed by atoms with E-state index in [9.17, 15) is 4.39 Å². The summed E-state index contributed by atoms with van der Waals surface area (Å²) in [5.74, 6) is 1.54. The molecule has 0 spiro atoms. The van der Waals surface area contributed by atoms with Gasteiger partial charge in [0, 0.05) is 17.4 Å². The molecule has 2 N–H and O–H groups in total. The van der Waals surface area contributed by atoms with Crippen molar-refractivity contribution in [1.82, 2.24) is 4.98 Å². The molecule has 0 aliphatic rings. The van der Waals surface area contributed by atoms with Crippen LogP contribution in [0.25, 0.3) is 10.9 Å². The van der Waals surface area contributed by atoms with Gasteiger partial charge in [0.05, 0.1) is 19.7 Å². The summed E-state index contributed by atoms with van der Waals surface area (Å²) < 4.78 is 24.2. The minimum Gasteiger partial charge on any atom is -0.496 e. The third-order valence-electron chi connectivity index (χ3n) is 3.79. The van der Waals surface area contributed by atoms with Crippen LogP contribution >= 0.6 is 0 Å². The number of hydrogen-bond acceptors (Lipinski definition) is 4. The number of halogens is 1. The quantitative estimate of drug-likeness (QED) is 0.800. The van der Waals surface area contributed by atoms with E-state index in [4.69, 9.17) is 15.2 Å². The number of benzene rings is 2. The van der Waals surface area contributed by atoms with E-state index in [1.807, 2.05) is 24.3 Å². The molecule has 5 heteroatoms. The first kappa shape index (κ1) is 15.1. The second-order valence-electron chi connectivity index (χ2n) is 5.19. The van der Waals surface area contributed by atoms with Gasteiger partial charge >= 0.3 is 0 Å². The Morgan fingerprint density at radius 1 is 1.04 bits per heavy atom. The highest BCUT2D eigenvalue weighted by Crippen LogP contribution is 2.32. The predicted octanol–water partition coefficient (Wildman–Crippen LogP) is 3.56. The molecule has 0 fully saturated rings. The first-order chi connectivity index (χ1) is 11.1. The molecular formula is C18H17FN2O2. The largest absolute Gasteiger partial charge is 0.496 e. The number of ether oxygens (including phenoxy) is 2. The fourth-order valence-corrected chi connectivity index (χ4v) is 2.64.